The van der Waals surface area contributed by atoms with E-state index in [1.807, 2.05) is 6.92 Å². The lowest BCUT2D eigenvalue weighted by molar-refractivity contribution is -0.125. The van der Waals surface area contributed by atoms with Crippen molar-refractivity contribution in [2.24, 2.45) is 5.41 Å². The second kappa shape index (κ2) is 7.69. The Balaban J connectivity index is 1.88. The molecule has 2 aromatic carbocycles. The fraction of sp³-hybridized carbons (Fsp3) is 0.273. The zero-order valence-corrected chi connectivity index (χ0v) is 18.6. The lowest BCUT2D eigenvalue weighted by Crippen LogP contribution is -2.31. The Morgan fingerprint density at radius 2 is 1.84 bits per heavy atom. The number of carbonyl (C=O) groups excluding carboxylic acids is 2. The smallest absolute Gasteiger partial charge is 0.339 e. The Morgan fingerprint density at radius 1 is 1.16 bits per heavy atom. The Morgan fingerprint density at radius 3 is 2.45 bits per heavy atom. The number of carbonyl (C=O) groups is 2. The van der Waals surface area contributed by atoms with Gasteiger partial charge in [0.05, 0.1) is 40.3 Å². The Hall–Kier alpha value is -2.84. The first-order valence-corrected chi connectivity index (χ1v) is 11.5. The molecule has 0 bridgehead atoms. The van der Waals surface area contributed by atoms with Gasteiger partial charge in [-0.2, -0.15) is 0 Å². The number of rotatable bonds is 6. The molecular formula is C22H21ClN2O5S. The van der Waals surface area contributed by atoms with E-state index in [0.717, 1.165) is 16.8 Å². The molecule has 1 aliphatic rings. The van der Waals surface area contributed by atoms with Gasteiger partial charge in [-0.05, 0) is 43.2 Å². The van der Waals surface area contributed by atoms with E-state index in [2.05, 4.69) is 5.32 Å². The van der Waals surface area contributed by atoms with Gasteiger partial charge in [-0.1, -0.05) is 36.7 Å². The van der Waals surface area contributed by atoms with Crippen LogP contribution in [0.3, 0.4) is 0 Å². The number of amides is 1. The maximum absolute atomic E-state index is 13.5. The quantitative estimate of drug-likeness (QED) is 0.565. The van der Waals surface area contributed by atoms with Crippen LogP contribution in [-0.4, -0.2) is 31.4 Å². The number of methoxy groups -OCH3 is 1. The Kier molecular flexibility index (Phi) is 5.31. The van der Waals surface area contributed by atoms with Crippen LogP contribution in [0.25, 0.3) is 10.9 Å². The summed E-state index contributed by atoms with van der Waals surface area (Å²) < 4.78 is 33.0. The molecule has 0 radical (unpaired) electrons. The van der Waals surface area contributed by atoms with E-state index in [1.165, 1.54) is 31.4 Å². The minimum absolute atomic E-state index is 0.0142. The minimum Gasteiger partial charge on any atom is -0.465 e. The van der Waals surface area contributed by atoms with E-state index in [9.17, 15) is 18.0 Å². The van der Waals surface area contributed by atoms with E-state index >= 15 is 0 Å². The van der Waals surface area contributed by atoms with Crippen LogP contribution in [0.1, 0.15) is 35.8 Å². The van der Waals surface area contributed by atoms with Crippen LogP contribution < -0.4 is 5.32 Å². The number of nitrogens with zero attached hydrogens (tertiary/aromatic N) is 1. The van der Waals surface area contributed by atoms with E-state index in [4.69, 9.17) is 16.3 Å². The molecule has 162 valence electrons. The number of aromatic nitrogens is 1. The van der Waals surface area contributed by atoms with Gasteiger partial charge in [0.25, 0.3) is 10.0 Å². The van der Waals surface area contributed by atoms with Crippen LogP contribution in [0.5, 0.6) is 0 Å². The van der Waals surface area contributed by atoms with Gasteiger partial charge < -0.3 is 10.1 Å². The van der Waals surface area contributed by atoms with E-state index in [-0.39, 0.29) is 33.5 Å². The van der Waals surface area contributed by atoms with E-state index in [1.54, 1.807) is 24.3 Å². The van der Waals surface area contributed by atoms with Gasteiger partial charge in [0, 0.05) is 10.8 Å². The molecule has 0 aliphatic heterocycles. The molecule has 1 aliphatic carbocycles. The highest BCUT2D eigenvalue weighted by atomic mass is 35.5. The second-order valence-electron chi connectivity index (χ2n) is 7.84. The second-order valence-corrected chi connectivity index (χ2v) is 10.0. The van der Waals surface area contributed by atoms with Crippen LogP contribution in [0, 0.1) is 5.41 Å². The van der Waals surface area contributed by atoms with E-state index in [0.29, 0.717) is 11.1 Å². The summed E-state index contributed by atoms with van der Waals surface area (Å²) in [6.45, 7) is 1.89. The number of halogens is 1. The predicted molar refractivity (Wildman–Crippen MR) is 117 cm³/mol. The molecule has 1 fully saturated rings. The first-order valence-electron chi connectivity index (χ1n) is 9.68. The summed E-state index contributed by atoms with van der Waals surface area (Å²) in [4.78, 5) is 24.6. The number of hydrogen-bond acceptors (Lipinski definition) is 5. The van der Waals surface area contributed by atoms with Gasteiger partial charge >= 0.3 is 5.97 Å². The molecule has 1 saturated carbocycles. The van der Waals surface area contributed by atoms with Gasteiger partial charge in [0.2, 0.25) is 5.91 Å². The lowest BCUT2D eigenvalue weighted by Gasteiger charge is -2.14. The summed E-state index contributed by atoms with van der Waals surface area (Å²) in [5.74, 6) is -0.789. The third-order valence-corrected chi connectivity index (χ3v) is 7.68. The summed E-state index contributed by atoms with van der Waals surface area (Å²) in [7, 11) is -2.79. The third kappa shape index (κ3) is 3.81. The number of fused-ring (bicyclic) bond motifs is 1. The average molecular weight is 461 g/mol. The molecule has 0 saturated heterocycles. The maximum Gasteiger partial charge on any atom is 0.339 e. The minimum atomic E-state index is -4.01. The normalized spacial score (nSPS) is 14.9. The van der Waals surface area contributed by atoms with Crippen molar-refractivity contribution >= 4 is 44.4 Å². The maximum atomic E-state index is 13.5. The van der Waals surface area contributed by atoms with E-state index < -0.39 is 21.4 Å². The highest BCUT2D eigenvalue weighted by Gasteiger charge is 2.44. The molecule has 7 nitrogen and oxygen atoms in total. The average Bonchev–Trinajstić information content (AvgIpc) is 3.41. The SMILES string of the molecule is COC(=O)c1cc2c(cc1Cl)cc(CNC(=O)C1(C)CC1)n2S(=O)(=O)c1ccccc1. The topological polar surface area (TPSA) is 94.5 Å². The number of ether oxygens (including phenoxy) is 1. The van der Waals surface area contributed by atoms with Crippen molar-refractivity contribution in [3.63, 3.8) is 0 Å². The van der Waals surface area contributed by atoms with Crippen LogP contribution in [0.2, 0.25) is 5.02 Å². The summed E-state index contributed by atoms with van der Waals surface area (Å²) in [5, 5.41) is 3.52. The molecule has 0 unspecified atom stereocenters. The van der Waals surface area contributed by atoms with Gasteiger partial charge in [-0.3, -0.25) is 4.79 Å². The number of esters is 1. The summed E-state index contributed by atoms with van der Waals surface area (Å²) in [6.07, 6.45) is 1.62. The molecule has 0 atom stereocenters. The highest BCUT2D eigenvalue weighted by molar-refractivity contribution is 7.90. The molecule has 9 heteroatoms. The summed E-state index contributed by atoms with van der Waals surface area (Å²) >= 11 is 6.24. The summed E-state index contributed by atoms with van der Waals surface area (Å²) in [5.41, 5.74) is 0.293. The van der Waals surface area contributed by atoms with Gasteiger partial charge in [0.1, 0.15) is 0 Å². The molecule has 1 aromatic heterocycles. The van der Waals surface area contributed by atoms with Gasteiger partial charge in [-0.25, -0.2) is 17.2 Å². The predicted octanol–water partition coefficient (Wildman–Crippen LogP) is 3.73. The molecular weight excluding hydrogens is 440 g/mol. The van der Waals surface area contributed by atoms with Gasteiger partial charge in [0.15, 0.2) is 0 Å². The third-order valence-electron chi connectivity index (χ3n) is 5.58. The van der Waals surface area contributed by atoms with Crippen molar-refractivity contribution < 1.29 is 22.7 Å². The van der Waals surface area contributed by atoms with Crippen molar-refractivity contribution in [1.29, 1.82) is 0 Å². The molecule has 4 rings (SSSR count). The molecule has 0 spiro atoms. The van der Waals surface area contributed by atoms with Crippen molar-refractivity contribution in [3.05, 3.63) is 64.8 Å². The largest absolute Gasteiger partial charge is 0.465 e. The standard InChI is InChI=1S/C22H21ClN2O5S/c1-22(8-9-22)21(27)24-13-15-10-14-11-18(23)17(20(26)30-2)12-19(14)25(15)31(28,29)16-6-4-3-5-7-16/h3-7,10-12H,8-9,13H2,1-2H3,(H,24,27). The van der Waals surface area contributed by atoms with Crippen LogP contribution in [-0.2, 0) is 26.1 Å². The van der Waals surface area contributed by atoms with Crippen LogP contribution in [0.15, 0.2) is 53.4 Å². The molecule has 31 heavy (non-hydrogen) atoms. The lowest BCUT2D eigenvalue weighted by atomic mass is 10.1. The summed E-state index contributed by atoms with van der Waals surface area (Å²) in [6, 6.07) is 12.5. The molecule has 1 amide bonds. The first-order chi connectivity index (χ1) is 14.7. The number of nitrogens with one attached hydrogen (secondary N) is 1. The molecule has 1 N–H and O–H groups in total. The highest BCUT2D eigenvalue weighted by Crippen LogP contribution is 2.45. The molecule has 3 aromatic rings. The van der Waals surface area contributed by atoms with Crippen molar-refractivity contribution in [1.82, 2.24) is 9.29 Å². The Labute approximate surface area is 185 Å². The number of hydrogen-bond donors (Lipinski definition) is 1. The van der Waals surface area contributed by atoms with Gasteiger partial charge in [-0.15, -0.1) is 0 Å². The van der Waals surface area contributed by atoms with Crippen molar-refractivity contribution in [2.45, 2.75) is 31.2 Å². The monoisotopic (exact) mass is 460 g/mol. The fourth-order valence-electron chi connectivity index (χ4n) is 3.43. The van der Waals surface area contributed by atoms with Crippen molar-refractivity contribution in [2.75, 3.05) is 7.11 Å². The number of benzene rings is 2. The zero-order valence-electron chi connectivity index (χ0n) is 17.0. The fourth-order valence-corrected chi connectivity index (χ4v) is 5.24. The Bertz CT molecular complexity index is 1290. The molecule has 1 heterocycles. The van der Waals surface area contributed by atoms with Crippen LogP contribution in [0.4, 0.5) is 0 Å². The van der Waals surface area contributed by atoms with Crippen LogP contribution >= 0.6 is 11.6 Å². The van der Waals surface area contributed by atoms with Crippen molar-refractivity contribution in [3.8, 4) is 0 Å². The first kappa shape index (κ1) is 21.4. The zero-order chi connectivity index (χ0) is 22.4.